The average Bonchev–Trinajstić information content (AvgIpc) is 3.18. The van der Waals surface area contributed by atoms with Crippen molar-refractivity contribution in [3.8, 4) is 0 Å². The molecule has 6 nitrogen and oxygen atoms in total. The van der Waals surface area contributed by atoms with Gasteiger partial charge in [0.1, 0.15) is 5.76 Å². The molecule has 0 bridgehead atoms. The highest BCUT2D eigenvalue weighted by atomic mass is 16.3. The third-order valence-electron chi connectivity index (χ3n) is 4.36. The lowest BCUT2D eigenvalue weighted by molar-refractivity contribution is -0.123. The van der Waals surface area contributed by atoms with Gasteiger partial charge in [-0.15, -0.1) is 0 Å². The van der Waals surface area contributed by atoms with E-state index in [0.29, 0.717) is 12.5 Å². The predicted octanol–water partition coefficient (Wildman–Crippen LogP) is 2.37. The summed E-state index contributed by atoms with van der Waals surface area (Å²) in [6.45, 7) is 6.21. The van der Waals surface area contributed by atoms with Gasteiger partial charge in [-0.3, -0.25) is 14.8 Å². The van der Waals surface area contributed by atoms with Crippen LogP contribution in [0.2, 0.25) is 0 Å². The van der Waals surface area contributed by atoms with E-state index < -0.39 is 0 Å². The monoisotopic (exact) mass is 316 g/mol. The van der Waals surface area contributed by atoms with Crippen molar-refractivity contribution in [3.05, 3.63) is 41.6 Å². The molecule has 3 rings (SSSR count). The van der Waals surface area contributed by atoms with E-state index in [0.717, 1.165) is 43.1 Å². The van der Waals surface area contributed by atoms with Crippen molar-refractivity contribution in [2.45, 2.75) is 38.6 Å². The Morgan fingerprint density at radius 3 is 3.17 bits per heavy atom. The molecule has 0 aromatic carbocycles. The summed E-state index contributed by atoms with van der Waals surface area (Å²) in [7, 11) is 0. The van der Waals surface area contributed by atoms with E-state index in [4.69, 9.17) is 4.42 Å². The first-order chi connectivity index (χ1) is 11.1. The van der Waals surface area contributed by atoms with Gasteiger partial charge in [0, 0.05) is 18.2 Å². The second-order valence-electron chi connectivity index (χ2n) is 6.35. The minimum Gasteiger partial charge on any atom is -0.467 e. The molecule has 6 heteroatoms. The number of furan rings is 1. The molecule has 23 heavy (non-hydrogen) atoms. The first-order valence-electron chi connectivity index (χ1n) is 8.19. The van der Waals surface area contributed by atoms with Gasteiger partial charge >= 0.3 is 0 Å². The Morgan fingerprint density at radius 2 is 2.48 bits per heavy atom. The summed E-state index contributed by atoms with van der Waals surface area (Å²) in [6.07, 6.45) is 3.85. The number of rotatable bonds is 5. The Balaban J connectivity index is 1.52. The fraction of sp³-hybridized carbons (Fsp3) is 0.529. The molecule has 0 saturated carbocycles. The number of likely N-dealkylation sites (tertiary alicyclic amines) is 1. The van der Waals surface area contributed by atoms with Crippen molar-refractivity contribution >= 4 is 5.91 Å². The van der Waals surface area contributed by atoms with E-state index in [9.17, 15) is 4.79 Å². The zero-order valence-electron chi connectivity index (χ0n) is 13.7. The molecule has 0 radical (unpaired) electrons. The van der Waals surface area contributed by atoms with Gasteiger partial charge in [0.25, 0.3) is 0 Å². The van der Waals surface area contributed by atoms with Gasteiger partial charge in [-0.1, -0.05) is 0 Å². The number of aryl methyl sites for hydroxylation is 1. The third kappa shape index (κ3) is 4.01. The lowest BCUT2D eigenvalue weighted by Crippen LogP contribution is -2.42. The number of H-pyrrole nitrogens is 1. The first-order valence-corrected chi connectivity index (χ1v) is 8.19. The lowest BCUT2D eigenvalue weighted by Gasteiger charge is -2.31. The molecule has 124 valence electrons. The molecule has 2 atom stereocenters. The summed E-state index contributed by atoms with van der Waals surface area (Å²) in [4.78, 5) is 14.5. The van der Waals surface area contributed by atoms with E-state index in [2.05, 4.69) is 26.5 Å². The second-order valence-corrected chi connectivity index (χ2v) is 6.35. The molecule has 1 aliphatic heterocycles. The van der Waals surface area contributed by atoms with E-state index in [-0.39, 0.29) is 11.9 Å². The number of aromatic amines is 1. The highest BCUT2D eigenvalue weighted by Crippen LogP contribution is 2.25. The van der Waals surface area contributed by atoms with Gasteiger partial charge in [0.05, 0.1) is 24.5 Å². The Labute approximate surface area is 136 Å². The van der Waals surface area contributed by atoms with Gasteiger partial charge < -0.3 is 9.73 Å². The summed E-state index contributed by atoms with van der Waals surface area (Å²) in [5.74, 6) is 1.22. The average molecular weight is 316 g/mol. The molecule has 3 heterocycles. The zero-order chi connectivity index (χ0) is 16.2. The van der Waals surface area contributed by atoms with Crippen molar-refractivity contribution in [3.63, 3.8) is 0 Å². The molecule has 1 aliphatic rings. The van der Waals surface area contributed by atoms with Crippen LogP contribution in [-0.2, 0) is 4.79 Å². The third-order valence-corrected chi connectivity index (χ3v) is 4.36. The van der Waals surface area contributed by atoms with Crippen molar-refractivity contribution < 1.29 is 9.21 Å². The van der Waals surface area contributed by atoms with Gasteiger partial charge in [-0.25, -0.2) is 0 Å². The van der Waals surface area contributed by atoms with Gasteiger partial charge in [0.15, 0.2) is 0 Å². The quantitative estimate of drug-likeness (QED) is 0.888. The minimum absolute atomic E-state index is 0.0350. The maximum Gasteiger partial charge on any atom is 0.234 e. The molecular weight excluding hydrogens is 292 g/mol. The number of aromatic nitrogens is 2. The van der Waals surface area contributed by atoms with Crippen LogP contribution in [-0.4, -0.2) is 40.6 Å². The Bertz CT molecular complexity index is 635. The molecular formula is C17H24N4O2. The SMILES string of the molecule is Cc1cc([C@H]2CCCN(CC(=O)N[C@@H](C)c3ccco3)C2)n[nH]1. The number of nitrogens with zero attached hydrogens (tertiary/aromatic N) is 2. The summed E-state index contributed by atoms with van der Waals surface area (Å²) in [5.41, 5.74) is 2.19. The maximum atomic E-state index is 12.2. The molecule has 2 N–H and O–H groups in total. The first kappa shape index (κ1) is 15.8. The number of carbonyl (C=O) groups is 1. The van der Waals surface area contributed by atoms with E-state index in [1.807, 2.05) is 26.0 Å². The van der Waals surface area contributed by atoms with E-state index in [1.165, 1.54) is 0 Å². The number of hydrogen-bond acceptors (Lipinski definition) is 4. The molecule has 1 saturated heterocycles. The number of amides is 1. The van der Waals surface area contributed by atoms with Crippen LogP contribution in [0.25, 0.3) is 0 Å². The van der Waals surface area contributed by atoms with Gasteiger partial charge in [0.2, 0.25) is 5.91 Å². The summed E-state index contributed by atoms with van der Waals surface area (Å²) in [6, 6.07) is 5.71. The van der Waals surface area contributed by atoms with E-state index in [1.54, 1.807) is 6.26 Å². The Kier molecular flexibility index (Phi) is 4.81. The second kappa shape index (κ2) is 7.00. The minimum atomic E-state index is -0.105. The smallest absolute Gasteiger partial charge is 0.234 e. The van der Waals surface area contributed by atoms with Crippen LogP contribution in [0, 0.1) is 6.92 Å². The van der Waals surface area contributed by atoms with Crippen molar-refractivity contribution in [2.75, 3.05) is 19.6 Å². The normalized spacial score (nSPS) is 20.3. The van der Waals surface area contributed by atoms with Gasteiger partial charge in [-0.05, 0) is 51.4 Å². The van der Waals surface area contributed by atoms with E-state index >= 15 is 0 Å². The molecule has 0 spiro atoms. The molecule has 2 aromatic heterocycles. The Morgan fingerprint density at radius 1 is 1.61 bits per heavy atom. The molecule has 2 aromatic rings. The van der Waals surface area contributed by atoms with Crippen LogP contribution in [0.5, 0.6) is 0 Å². The van der Waals surface area contributed by atoms with Crippen LogP contribution >= 0.6 is 0 Å². The predicted molar refractivity (Wildman–Crippen MR) is 87.0 cm³/mol. The van der Waals surface area contributed by atoms with Crippen LogP contribution in [0.3, 0.4) is 0 Å². The molecule has 1 fully saturated rings. The summed E-state index contributed by atoms with van der Waals surface area (Å²) < 4.78 is 5.32. The van der Waals surface area contributed by atoms with Crippen molar-refractivity contribution in [2.24, 2.45) is 0 Å². The van der Waals surface area contributed by atoms with Crippen molar-refractivity contribution in [1.29, 1.82) is 0 Å². The van der Waals surface area contributed by atoms with Crippen LogP contribution in [0.4, 0.5) is 0 Å². The molecule has 0 aliphatic carbocycles. The van der Waals surface area contributed by atoms with Crippen LogP contribution in [0.1, 0.15) is 48.9 Å². The molecule has 0 unspecified atom stereocenters. The van der Waals surface area contributed by atoms with Crippen LogP contribution < -0.4 is 5.32 Å². The zero-order valence-corrected chi connectivity index (χ0v) is 13.7. The highest BCUT2D eigenvalue weighted by molar-refractivity contribution is 5.78. The number of piperidine rings is 1. The fourth-order valence-electron chi connectivity index (χ4n) is 3.19. The van der Waals surface area contributed by atoms with Crippen molar-refractivity contribution in [1.82, 2.24) is 20.4 Å². The fourth-order valence-corrected chi connectivity index (χ4v) is 3.19. The lowest BCUT2D eigenvalue weighted by atomic mass is 9.94. The summed E-state index contributed by atoms with van der Waals surface area (Å²) >= 11 is 0. The number of carbonyl (C=O) groups excluding carboxylic acids is 1. The largest absolute Gasteiger partial charge is 0.467 e. The highest BCUT2D eigenvalue weighted by Gasteiger charge is 2.25. The Hall–Kier alpha value is -2.08. The van der Waals surface area contributed by atoms with Crippen LogP contribution in [0.15, 0.2) is 28.9 Å². The summed E-state index contributed by atoms with van der Waals surface area (Å²) in [5, 5.41) is 10.4. The van der Waals surface area contributed by atoms with Gasteiger partial charge in [-0.2, -0.15) is 5.10 Å². The standard InChI is InChI=1S/C17H24N4O2/c1-12-9-15(20-19-12)14-5-3-7-21(10-14)11-17(22)18-13(2)16-6-4-8-23-16/h4,6,8-9,13-14H,3,5,7,10-11H2,1-2H3,(H,18,22)(H,19,20)/t13-,14-/m0/s1. The topological polar surface area (TPSA) is 74.2 Å². The maximum absolute atomic E-state index is 12.2. The number of hydrogen-bond donors (Lipinski definition) is 2. The number of nitrogens with one attached hydrogen (secondary N) is 2. The molecule has 1 amide bonds.